The summed E-state index contributed by atoms with van der Waals surface area (Å²) >= 11 is 0. The van der Waals surface area contributed by atoms with Crippen molar-refractivity contribution in [1.82, 2.24) is 0 Å². The van der Waals surface area contributed by atoms with Crippen molar-refractivity contribution in [2.45, 2.75) is 31.6 Å². The van der Waals surface area contributed by atoms with Gasteiger partial charge in [-0.3, -0.25) is 9.52 Å². The molecule has 2 aromatic rings. The minimum atomic E-state index is -4.27. The number of hydrogen-bond acceptors (Lipinski definition) is 4. The fourth-order valence-corrected chi connectivity index (χ4v) is 3.67. The molecule has 156 valence electrons. The van der Waals surface area contributed by atoms with Crippen LogP contribution in [0.2, 0.25) is 0 Å². The zero-order valence-electron chi connectivity index (χ0n) is 15.7. The van der Waals surface area contributed by atoms with Gasteiger partial charge in [0.1, 0.15) is 11.6 Å². The molecule has 0 bridgehead atoms. The van der Waals surface area contributed by atoms with Crippen molar-refractivity contribution in [1.29, 1.82) is 0 Å². The summed E-state index contributed by atoms with van der Waals surface area (Å²) < 4.78 is 54.4. The number of anilines is 2. The van der Waals surface area contributed by atoms with Crippen LogP contribution >= 0.6 is 0 Å². The van der Waals surface area contributed by atoms with Crippen LogP contribution < -0.4 is 10.0 Å². The average molecular weight is 426 g/mol. The predicted octanol–water partition coefficient (Wildman–Crippen LogP) is 3.84. The summed E-state index contributed by atoms with van der Waals surface area (Å²) in [6.45, 7) is 3.78. The summed E-state index contributed by atoms with van der Waals surface area (Å²) in [7, 11) is -4.27. The summed E-state index contributed by atoms with van der Waals surface area (Å²) in [6.07, 6.45) is 1.34. The van der Waals surface area contributed by atoms with Crippen molar-refractivity contribution in [2.75, 3.05) is 10.0 Å². The van der Waals surface area contributed by atoms with Crippen LogP contribution in [0, 0.1) is 17.6 Å². The van der Waals surface area contributed by atoms with Gasteiger partial charge in [-0.25, -0.2) is 22.0 Å². The van der Waals surface area contributed by atoms with Crippen LogP contribution in [0.3, 0.4) is 0 Å². The lowest BCUT2D eigenvalue weighted by Crippen LogP contribution is -2.21. The van der Waals surface area contributed by atoms with Gasteiger partial charge >= 0.3 is 5.97 Å². The van der Waals surface area contributed by atoms with Crippen LogP contribution in [0.4, 0.5) is 20.2 Å². The number of halogens is 2. The van der Waals surface area contributed by atoms with Crippen molar-refractivity contribution >= 4 is 33.3 Å². The number of carboxylic acid groups (broad SMARTS) is 1. The molecule has 2 aromatic carbocycles. The number of aromatic carboxylic acids is 1. The summed E-state index contributed by atoms with van der Waals surface area (Å²) in [5.41, 5.74) is -1.24. The topological polar surface area (TPSA) is 113 Å². The SMILES string of the molecule is CCC(CC)C(=O)Nc1ccc(S(=O)(=O)Nc2cc(F)c(C(=O)O)cc2F)cc1. The van der Waals surface area contributed by atoms with E-state index in [-0.39, 0.29) is 16.7 Å². The first-order valence-corrected chi connectivity index (χ1v) is 10.2. The predicted molar refractivity (Wildman–Crippen MR) is 103 cm³/mol. The van der Waals surface area contributed by atoms with E-state index in [0.717, 1.165) is 0 Å². The maximum Gasteiger partial charge on any atom is 0.338 e. The van der Waals surface area contributed by atoms with Gasteiger partial charge in [0.15, 0.2) is 0 Å². The minimum absolute atomic E-state index is 0.160. The highest BCUT2D eigenvalue weighted by atomic mass is 32.2. The van der Waals surface area contributed by atoms with Crippen molar-refractivity contribution in [2.24, 2.45) is 5.92 Å². The molecule has 0 aromatic heterocycles. The highest BCUT2D eigenvalue weighted by Crippen LogP contribution is 2.24. The molecule has 0 aliphatic heterocycles. The second-order valence-electron chi connectivity index (χ2n) is 6.25. The van der Waals surface area contributed by atoms with Gasteiger partial charge in [0, 0.05) is 17.7 Å². The van der Waals surface area contributed by atoms with Gasteiger partial charge in [0.2, 0.25) is 5.91 Å². The molecule has 0 saturated heterocycles. The normalized spacial score (nSPS) is 11.3. The summed E-state index contributed by atoms with van der Waals surface area (Å²) in [6, 6.07) is 6.00. The minimum Gasteiger partial charge on any atom is -0.478 e. The van der Waals surface area contributed by atoms with Crippen LogP contribution in [0.1, 0.15) is 37.0 Å². The lowest BCUT2D eigenvalue weighted by Gasteiger charge is -2.13. The molecule has 0 unspecified atom stereocenters. The van der Waals surface area contributed by atoms with E-state index in [4.69, 9.17) is 5.11 Å². The maximum atomic E-state index is 14.0. The van der Waals surface area contributed by atoms with Gasteiger partial charge in [-0.05, 0) is 43.2 Å². The van der Waals surface area contributed by atoms with E-state index in [9.17, 15) is 26.8 Å². The molecule has 0 aliphatic rings. The lowest BCUT2D eigenvalue weighted by atomic mass is 10.0. The molecule has 29 heavy (non-hydrogen) atoms. The largest absolute Gasteiger partial charge is 0.478 e. The molecule has 0 spiro atoms. The van der Waals surface area contributed by atoms with Gasteiger partial charge in [-0.1, -0.05) is 13.8 Å². The lowest BCUT2D eigenvalue weighted by molar-refractivity contribution is -0.120. The Bertz CT molecular complexity index is 1020. The van der Waals surface area contributed by atoms with E-state index in [2.05, 4.69) is 5.32 Å². The van der Waals surface area contributed by atoms with Crippen LogP contribution in [-0.4, -0.2) is 25.4 Å². The summed E-state index contributed by atoms with van der Waals surface area (Å²) in [4.78, 5) is 22.6. The molecule has 0 saturated carbocycles. The van der Waals surface area contributed by atoms with E-state index < -0.39 is 38.9 Å². The smallest absolute Gasteiger partial charge is 0.338 e. The van der Waals surface area contributed by atoms with E-state index in [1.807, 2.05) is 18.6 Å². The quantitative estimate of drug-likeness (QED) is 0.594. The highest BCUT2D eigenvalue weighted by molar-refractivity contribution is 7.92. The third-order valence-corrected chi connectivity index (χ3v) is 5.70. The fourth-order valence-electron chi connectivity index (χ4n) is 2.61. The Morgan fingerprint density at radius 1 is 1.03 bits per heavy atom. The number of amides is 1. The Balaban J connectivity index is 2.21. The van der Waals surface area contributed by atoms with Gasteiger partial charge in [0.05, 0.1) is 16.1 Å². The molecular weight excluding hydrogens is 406 g/mol. The maximum absolute atomic E-state index is 14.0. The van der Waals surface area contributed by atoms with E-state index in [1.54, 1.807) is 0 Å². The zero-order chi connectivity index (χ0) is 21.8. The van der Waals surface area contributed by atoms with Crippen molar-refractivity contribution in [3.63, 3.8) is 0 Å². The van der Waals surface area contributed by atoms with E-state index >= 15 is 0 Å². The monoisotopic (exact) mass is 426 g/mol. The zero-order valence-corrected chi connectivity index (χ0v) is 16.5. The number of carbonyl (C=O) groups is 2. The average Bonchev–Trinajstić information content (AvgIpc) is 2.65. The first-order chi connectivity index (χ1) is 13.6. The molecule has 0 heterocycles. The Hall–Kier alpha value is -3.01. The third-order valence-electron chi connectivity index (χ3n) is 4.32. The van der Waals surface area contributed by atoms with Gasteiger partial charge in [0.25, 0.3) is 10.0 Å². The highest BCUT2D eigenvalue weighted by Gasteiger charge is 2.21. The molecule has 7 nitrogen and oxygen atoms in total. The number of nitrogens with one attached hydrogen (secondary N) is 2. The number of benzene rings is 2. The number of hydrogen-bond donors (Lipinski definition) is 3. The molecule has 0 fully saturated rings. The molecule has 0 aliphatic carbocycles. The van der Waals surface area contributed by atoms with Gasteiger partial charge in [-0.2, -0.15) is 0 Å². The fraction of sp³-hybridized carbons (Fsp3) is 0.263. The number of carbonyl (C=O) groups excluding carboxylic acids is 1. The van der Waals surface area contributed by atoms with Crippen LogP contribution in [-0.2, 0) is 14.8 Å². The first-order valence-electron chi connectivity index (χ1n) is 8.75. The molecule has 0 radical (unpaired) electrons. The molecule has 10 heteroatoms. The van der Waals surface area contributed by atoms with Crippen molar-refractivity contribution < 1.29 is 31.9 Å². The molecule has 3 N–H and O–H groups in total. The van der Waals surface area contributed by atoms with Crippen LogP contribution in [0.5, 0.6) is 0 Å². The van der Waals surface area contributed by atoms with E-state index in [1.165, 1.54) is 24.3 Å². The Kier molecular flexibility index (Phi) is 6.91. The molecule has 2 rings (SSSR count). The summed E-state index contributed by atoms with van der Waals surface area (Å²) in [5, 5.41) is 11.5. The second kappa shape index (κ2) is 8.99. The number of rotatable bonds is 8. The Morgan fingerprint density at radius 2 is 1.62 bits per heavy atom. The van der Waals surface area contributed by atoms with Crippen molar-refractivity contribution in [3.8, 4) is 0 Å². The van der Waals surface area contributed by atoms with E-state index in [0.29, 0.717) is 30.7 Å². The van der Waals surface area contributed by atoms with Gasteiger partial charge in [-0.15, -0.1) is 0 Å². The molecular formula is C19H20F2N2O5S. The van der Waals surface area contributed by atoms with Crippen molar-refractivity contribution in [3.05, 3.63) is 53.6 Å². The number of sulfonamides is 1. The standard InChI is InChI=1S/C19H20F2N2O5S/c1-3-11(4-2)18(24)22-12-5-7-13(8-6-12)29(27,28)23-17-10-15(20)14(19(25)26)9-16(17)21/h5-11,23H,3-4H2,1-2H3,(H,22,24)(H,25,26). The summed E-state index contributed by atoms with van der Waals surface area (Å²) in [5.74, 6) is -4.54. The second-order valence-corrected chi connectivity index (χ2v) is 7.93. The van der Waals surface area contributed by atoms with Crippen LogP contribution in [0.25, 0.3) is 0 Å². The Morgan fingerprint density at radius 3 is 2.14 bits per heavy atom. The third kappa shape index (κ3) is 5.29. The molecule has 0 atom stereocenters. The van der Waals surface area contributed by atoms with Crippen LogP contribution in [0.15, 0.2) is 41.3 Å². The Labute approximate surface area is 166 Å². The first kappa shape index (κ1) is 22.3. The van der Waals surface area contributed by atoms with Gasteiger partial charge < -0.3 is 10.4 Å². The number of carboxylic acids is 1. The molecule has 1 amide bonds.